The monoisotopic (exact) mass is 167 g/mol. The lowest BCUT2D eigenvalue weighted by Gasteiger charge is -2.09. The Morgan fingerprint density at radius 3 is 2.33 bits per heavy atom. The standard InChI is InChI=1S/C9H13NO2/c1-6-5-7(2)9(12-4)10(11)8(6)3/h5H,1-4H3. The fourth-order valence-corrected chi connectivity index (χ4v) is 1.21. The fraction of sp³-hybridized carbons (Fsp3) is 0.444. The summed E-state index contributed by atoms with van der Waals surface area (Å²) in [6.07, 6.45) is 0. The van der Waals surface area contributed by atoms with Gasteiger partial charge in [0.05, 0.1) is 12.7 Å². The van der Waals surface area contributed by atoms with E-state index < -0.39 is 0 Å². The smallest absolute Gasteiger partial charge is 0.382 e. The number of hydrogen-bond acceptors (Lipinski definition) is 2. The molecule has 66 valence electrons. The maximum absolute atomic E-state index is 11.4. The predicted molar refractivity (Wildman–Crippen MR) is 46.2 cm³/mol. The summed E-state index contributed by atoms with van der Waals surface area (Å²) in [5.74, 6) is 0.387. The van der Waals surface area contributed by atoms with Crippen molar-refractivity contribution in [3.05, 3.63) is 28.1 Å². The number of aryl methyl sites for hydroxylation is 2. The highest BCUT2D eigenvalue weighted by Crippen LogP contribution is 2.14. The Hall–Kier alpha value is -1.25. The largest absolute Gasteiger partial charge is 0.616 e. The average molecular weight is 167 g/mol. The molecule has 0 aliphatic rings. The van der Waals surface area contributed by atoms with E-state index >= 15 is 0 Å². The van der Waals surface area contributed by atoms with Crippen LogP contribution >= 0.6 is 0 Å². The van der Waals surface area contributed by atoms with Crippen LogP contribution < -0.4 is 9.47 Å². The van der Waals surface area contributed by atoms with Gasteiger partial charge in [-0.3, -0.25) is 0 Å². The summed E-state index contributed by atoms with van der Waals surface area (Å²) in [6, 6.07) is 1.95. The van der Waals surface area contributed by atoms with Crippen LogP contribution in [0, 0.1) is 26.0 Å². The van der Waals surface area contributed by atoms with E-state index in [1.54, 1.807) is 6.92 Å². The van der Waals surface area contributed by atoms with Crippen molar-refractivity contribution in [3.8, 4) is 5.88 Å². The first-order valence-corrected chi connectivity index (χ1v) is 3.82. The molecule has 1 rings (SSSR count). The molecule has 0 radical (unpaired) electrons. The lowest BCUT2D eigenvalue weighted by atomic mass is 10.2. The summed E-state index contributed by atoms with van der Waals surface area (Å²) >= 11 is 0. The molecule has 0 amide bonds. The molecule has 0 aliphatic heterocycles. The summed E-state index contributed by atoms with van der Waals surface area (Å²) in [6.45, 7) is 5.56. The SMILES string of the molecule is COc1c(C)cc(C)c(C)[n+]1[O-]. The molecular weight excluding hydrogens is 154 g/mol. The number of ether oxygens (including phenoxy) is 1. The highest BCUT2D eigenvalue weighted by atomic mass is 16.5. The van der Waals surface area contributed by atoms with E-state index in [-0.39, 0.29) is 0 Å². The normalized spacial score (nSPS) is 10.0. The first kappa shape index (κ1) is 8.84. The minimum atomic E-state index is 0.387. The number of methoxy groups -OCH3 is 1. The van der Waals surface area contributed by atoms with Gasteiger partial charge in [-0.15, -0.1) is 4.73 Å². The molecule has 3 nitrogen and oxygen atoms in total. The van der Waals surface area contributed by atoms with Gasteiger partial charge in [0.25, 0.3) is 0 Å². The van der Waals surface area contributed by atoms with E-state index in [0.29, 0.717) is 11.6 Å². The van der Waals surface area contributed by atoms with Gasteiger partial charge in [-0.25, -0.2) is 0 Å². The van der Waals surface area contributed by atoms with Crippen molar-refractivity contribution in [3.63, 3.8) is 0 Å². The topological polar surface area (TPSA) is 36.2 Å². The maximum Gasteiger partial charge on any atom is 0.382 e. The third-order valence-electron chi connectivity index (χ3n) is 2.02. The average Bonchev–Trinajstić information content (AvgIpc) is 2.01. The Bertz CT molecular complexity index is 308. The zero-order valence-electron chi connectivity index (χ0n) is 7.84. The van der Waals surface area contributed by atoms with Gasteiger partial charge in [0.1, 0.15) is 0 Å². The van der Waals surface area contributed by atoms with Crippen molar-refractivity contribution in [2.75, 3.05) is 7.11 Å². The molecular formula is C9H13NO2. The van der Waals surface area contributed by atoms with Crippen LogP contribution in [0.2, 0.25) is 0 Å². The first-order valence-electron chi connectivity index (χ1n) is 3.82. The molecule has 0 bridgehead atoms. The quantitative estimate of drug-likeness (QED) is 0.466. The van der Waals surface area contributed by atoms with Gasteiger partial charge in [-0.05, 0) is 19.9 Å². The first-order chi connectivity index (χ1) is 5.57. The Morgan fingerprint density at radius 2 is 1.83 bits per heavy atom. The molecule has 0 saturated carbocycles. The third kappa shape index (κ3) is 1.22. The summed E-state index contributed by atoms with van der Waals surface area (Å²) in [5.41, 5.74) is 2.55. The van der Waals surface area contributed by atoms with E-state index in [1.165, 1.54) is 7.11 Å². The zero-order valence-corrected chi connectivity index (χ0v) is 7.84. The summed E-state index contributed by atoms with van der Waals surface area (Å²) in [5, 5.41) is 11.4. The molecule has 0 atom stereocenters. The number of hydrogen-bond donors (Lipinski definition) is 0. The second-order valence-corrected chi connectivity index (χ2v) is 2.90. The van der Waals surface area contributed by atoms with Crippen LogP contribution in [0.5, 0.6) is 5.88 Å². The van der Waals surface area contributed by atoms with Crippen LogP contribution in [0.15, 0.2) is 6.07 Å². The lowest BCUT2D eigenvalue weighted by Crippen LogP contribution is -2.33. The zero-order chi connectivity index (χ0) is 9.30. The molecule has 0 unspecified atom stereocenters. The van der Waals surface area contributed by atoms with Gasteiger partial charge < -0.3 is 9.94 Å². The number of nitrogens with zero attached hydrogens (tertiary/aromatic N) is 1. The minimum absolute atomic E-state index is 0.387. The molecule has 1 aromatic heterocycles. The van der Waals surface area contributed by atoms with Crippen LogP contribution in [-0.4, -0.2) is 7.11 Å². The molecule has 12 heavy (non-hydrogen) atoms. The van der Waals surface area contributed by atoms with E-state index in [2.05, 4.69) is 0 Å². The van der Waals surface area contributed by atoms with Gasteiger partial charge in [0.15, 0.2) is 5.69 Å². The highest BCUT2D eigenvalue weighted by Gasteiger charge is 2.14. The van der Waals surface area contributed by atoms with Crippen LogP contribution in [0.1, 0.15) is 16.8 Å². The number of rotatable bonds is 1. The lowest BCUT2D eigenvalue weighted by molar-refractivity contribution is -0.619. The van der Waals surface area contributed by atoms with Crippen molar-refractivity contribution in [2.24, 2.45) is 0 Å². The van der Waals surface area contributed by atoms with E-state index in [1.807, 2.05) is 19.9 Å². The van der Waals surface area contributed by atoms with Crippen molar-refractivity contribution < 1.29 is 9.47 Å². The van der Waals surface area contributed by atoms with E-state index in [4.69, 9.17) is 4.74 Å². The Balaban J connectivity index is 3.40. The Labute approximate surface area is 72.2 Å². The Morgan fingerprint density at radius 1 is 1.25 bits per heavy atom. The van der Waals surface area contributed by atoms with Crippen molar-refractivity contribution in [2.45, 2.75) is 20.8 Å². The van der Waals surface area contributed by atoms with Gasteiger partial charge in [-0.1, -0.05) is 0 Å². The Kier molecular flexibility index (Phi) is 2.22. The van der Waals surface area contributed by atoms with Crippen LogP contribution in [0.25, 0.3) is 0 Å². The van der Waals surface area contributed by atoms with Gasteiger partial charge in [0.2, 0.25) is 0 Å². The molecule has 0 aromatic carbocycles. The third-order valence-corrected chi connectivity index (χ3v) is 2.02. The molecule has 0 aliphatic carbocycles. The van der Waals surface area contributed by atoms with Crippen LogP contribution in [0.3, 0.4) is 0 Å². The molecule has 0 N–H and O–H groups in total. The fourth-order valence-electron chi connectivity index (χ4n) is 1.21. The van der Waals surface area contributed by atoms with Gasteiger partial charge in [-0.2, -0.15) is 0 Å². The maximum atomic E-state index is 11.4. The van der Waals surface area contributed by atoms with E-state index in [0.717, 1.165) is 15.9 Å². The van der Waals surface area contributed by atoms with Crippen molar-refractivity contribution >= 4 is 0 Å². The summed E-state index contributed by atoms with van der Waals surface area (Å²) in [4.78, 5) is 0. The van der Waals surface area contributed by atoms with E-state index in [9.17, 15) is 5.21 Å². The number of aromatic nitrogens is 1. The van der Waals surface area contributed by atoms with Gasteiger partial charge >= 0.3 is 5.88 Å². The van der Waals surface area contributed by atoms with Crippen molar-refractivity contribution in [1.82, 2.24) is 0 Å². The summed E-state index contributed by atoms with van der Waals surface area (Å²) < 4.78 is 5.79. The predicted octanol–water partition coefficient (Wildman–Crippen LogP) is 1.25. The molecule has 3 heteroatoms. The van der Waals surface area contributed by atoms with Crippen LogP contribution in [-0.2, 0) is 0 Å². The molecule has 0 spiro atoms. The minimum Gasteiger partial charge on any atom is -0.616 e. The molecule has 1 heterocycles. The highest BCUT2D eigenvalue weighted by molar-refractivity contribution is 5.26. The second kappa shape index (κ2) is 3.01. The molecule has 0 saturated heterocycles. The number of pyridine rings is 1. The van der Waals surface area contributed by atoms with Crippen molar-refractivity contribution in [1.29, 1.82) is 0 Å². The van der Waals surface area contributed by atoms with Gasteiger partial charge in [0, 0.05) is 12.5 Å². The molecule has 1 aromatic rings. The second-order valence-electron chi connectivity index (χ2n) is 2.90. The van der Waals surface area contributed by atoms with Crippen LogP contribution in [0.4, 0.5) is 0 Å². The summed E-state index contributed by atoms with van der Waals surface area (Å²) in [7, 11) is 1.51. The molecule has 0 fully saturated rings.